The van der Waals surface area contributed by atoms with Crippen LogP contribution < -0.4 is 0 Å². The van der Waals surface area contributed by atoms with Gasteiger partial charge < -0.3 is 4.90 Å². The molecule has 1 saturated carbocycles. The molecule has 2 fully saturated rings. The van der Waals surface area contributed by atoms with Gasteiger partial charge in [-0.2, -0.15) is 5.10 Å². The van der Waals surface area contributed by atoms with Gasteiger partial charge in [-0.3, -0.25) is 14.5 Å². The number of amides is 1. The lowest BCUT2D eigenvalue weighted by Gasteiger charge is -2.25. The Morgan fingerprint density at radius 3 is 2.83 bits per heavy atom. The number of likely N-dealkylation sites (tertiary alicyclic amines) is 1. The quantitative estimate of drug-likeness (QED) is 0.872. The van der Waals surface area contributed by atoms with E-state index in [2.05, 4.69) is 34.9 Å². The minimum Gasteiger partial charge on any atom is -0.335 e. The van der Waals surface area contributed by atoms with Crippen LogP contribution in [0.15, 0.2) is 24.5 Å². The highest BCUT2D eigenvalue weighted by Gasteiger charge is 2.48. The van der Waals surface area contributed by atoms with E-state index in [9.17, 15) is 4.79 Å². The number of hydrogen-bond donors (Lipinski definition) is 0. The summed E-state index contributed by atoms with van der Waals surface area (Å²) in [7, 11) is 1.98. The SMILES string of the molecule is Cc1nn(C)c(C)c1[C@@H]1CCCN1C(=O)[C@H]1C[C@@H]1c1cccnc1. The summed E-state index contributed by atoms with van der Waals surface area (Å²) in [5, 5.41) is 4.54. The first-order valence-corrected chi connectivity index (χ1v) is 8.78. The van der Waals surface area contributed by atoms with Gasteiger partial charge in [0.15, 0.2) is 0 Å². The van der Waals surface area contributed by atoms with Gasteiger partial charge in [0, 0.05) is 43.2 Å². The van der Waals surface area contributed by atoms with Crippen LogP contribution in [0.5, 0.6) is 0 Å². The molecular weight excluding hydrogens is 300 g/mol. The molecule has 3 heterocycles. The maximum Gasteiger partial charge on any atom is 0.226 e. The molecule has 0 N–H and O–H groups in total. The van der Waals surface area contributed by atoms with Crippen molar-refractivity contribution in [3.63, 3.8) is 0 Å². The van der Waals surface area contributed by atoms with Gasteiger partial charge >= 0.3 is 0 Å². The van der Waals surface area contributed by atoms with Crippen molar-refractivity contribution < 1.29 is 4.79 Å². The van der Waals surface area contributed by atoms with Crippen molar-refractivity contribution in [3.05, 3.63) is 47.0 Å². The monoisotopic (exact) mass is 324 g/mol. The lowest BCUT2D eigenvalue weighted by molar-refractivity contribution is -0.133. The number of carbonyl (C=O) groups excluding carboxylic acids is 1. The van der Waals surface area contributed by atoms with Crippen LogP contribution in [0.25, 0.3) is 0 Å². The number of rotatable bonds is 3. The van der Waals surface area contributed by atoms with Crippen LogP contribution in [-0.2, 0) is 11.8 Å². The van der Waals surface area contributed by atoms with E-state index in [-0.39, 0.29) is 12.0 Å². The molecular formula is C19H24N4O. The first-order valence-electron chi connectivity index (χ1n) is 8.78. The molecule has 2 aromatic heterocycles. The van der Waals surface area contributed by atoms with E-state index in [1.807, 2.05) is 24.0 Å². The zero-order chi connectivity index (χ0) is 16.8. The standard InChI is InChI=1S/C19H24N4O/c1-12-18(13(2)22(3)21-12)17-7-5-9-23(17)19(24)16-10-15(16)14-6-4-8-20-11-14/h4,6,8,11,15-17H,5,7,9-10H2,1-3H3/t15-,16+,17+/m1/s1. The zero-order valence-electron chi connectivity index (χ0n) is 14.6. The lowest BCUT2D eigenvalue weighted by atomic mass is 10.0. The molecule has 1 aliphatic heterocycles. The fraction of sp³-hybridized carbons (Fsp3) is 0.526. The smallest absolute Gasteiger partial charge is 0.226 e. The summed E-state index contributed by atoms with van der Waals surface area (Å²) in [6, 6.07) is 4.24. The highest BCUT2D eigenvalue weighted by atomic mass is 16.2. The number of nitrogens with zero attached hydrogens (tertiary/aromatic N) is 4. The Kier molecular flexibility index (Phi) is 3.66. The first-order chi connectivity index (χ1) is 11.6. The van der Waals surface area contributed by atoms with E-state index in [1.54, 1.807) is 6.20 Å². The largest absolute Gasteiger partial charge is 0.335 e. The van der Waals surface area contributed by atoms with Crippen molar-refractivity contribution in [3.8, 4) is 0 Å². The van der Waals surface area contributed by atoms with Crippen molar-refractivity contribution in [2.45, 2.75) is 45.1 Å². The average molecular weight is 324 g/mol. The van der Waals surface area contributed by atoms with Gasteiger partial charge in [-0.15, -0.1) is 0 Å². The van der Waals surface area contributed by atoms with Gasteiger partial charge in [-0.05, 0) is 50.7 Å². The summed E-state index contributed by atoms with van der Waals surface area (Å²) in [4.78, 5) is 19.4. The summed E-state index contributed by atoms with van der Waals surface area (Å²) < 4.78 is 1.93. The van der Waals surface area contributed by atoms with Crippen LogP contribution in [0.2, 0.25) is 0 Å². The fourth-order valence-corrected chi connectivity index (χ4v) is 4.25. The molecule has 1 saturated heterocycles. The second-order valence-electron chi connectivity index (χ2n) is 7.13. The molecule has 0 spiro atoms. The molecule has 3 atom stereocenters. The van der Waals surface area contributed by atoms with E-state index < -0.39 is 0 Å². The third-order valence-electron chi connectivity index (χ3n) is 5.65. The maximum absolute atomic E-state index is 13.1. The molecule has 24 heavy (non-hydrogen) atoms. The van der Waals surface area contributed by atoms with Crippen LogP contribution in [0.4, 0.5) is 0 Å². The maximum atomic E-state index is 13.1. The lowest BCUT2D eigenvalue weighted by Crippen LogP contribution is -2.32. The second-order valence-corrected chi connectivity index (χ2v) is 7.13. The molecule has 5 nitrogen and oxygen atoms in total. The third-order valence-corrected chi connectivity index (χ3v) is 5.65. The molecule has 5 heteroatoms. The van der Waals surface area contributed by atoms with Gasteiger partial charge in [0.25, 0.3) is 0 Å². The first kappa shape index (κ1) is 15.4. The predicted molar refractivity (Wildman–Crippen MR) is 91.5 cm³/mol. The fourth-order valence-electron chi connectivity index (χ4n) is 4.25. The third kappa shape index (κ3) is 2.43. The van der Waals surface area contributed by atoms with Crippen LogP contribution in [0.1, 0.15) is 53.7 Å². The van der Waals surface area contributed by atoms with Gasteiger partial charge in [0.2, 0.25) is 5.91 Å². The van der Waals surface area contributed by atoms with Gasteiger partial charge in [-0.1, -0.05) is 6.07 Å². The topological polar surface area (TPSA) is 51.0 Å². The van der Waals surface area contributed by atoms with Crippen molar-refractivity contribution in [2.75, 3.05) is 6.54 Å². The van der Waals surface area contributed by atoms with Crippen molar-refractivity contribution in [2.24, 2.45) is 13.0 Å². The van der Waals surface area contributed by atoms with Crippen molar-refractivity contribution in [1.82, 2.24) is 19.7 Å². The van der Waals surface area contributed by atoms with E-state index in [1.165, 1.54) is 16.8 Å². The van der Waals surface area contributed by atoms with Crippen LogP contribution in [0.3, 0.4) is 0 Å². The van der Waals surface area contributed by atoms with Gasteiger partial charge in [0.1, 0.15) is 0 Å². The zero-order valence-corrected chi connectivity index (χ0v) is 14.6. The molecule has 1 amide bonds. The minimum atomic E-state index is 0.132. The second kappa shape index (κ2) is 5.72. The Hall–Kier alpha value is -2.17. The number of aromatic nitrogens is 3. The molecule has 2 aliphatic rings. The summed E-state index contributed by atoms with van der Waals surface area (Å²) in [5.74, 6) is 0.796. The Morgan fingerprint density at radius 2 is 2.17 bits per heavy atom. The number of carbonyl (C=O) groups is 1. The molecule has 4 rings (SSSR count). The Balaban J connectivity index is 1.55. The highest BCUT2D eigenvalue weighted by molar-refractivity contribution is 5.83. The minimum absolute atomic E-state index is 0.132. The number of hydrogen-bond acceptors (Lipinski definition) is 3. The number of aryl methyl sites for hydroxylation is 2. The van der Waals surface area contributed by atoms with Gasteiger partial charge in [-0.25, -0.2) is 0 Å². The molecule has 126 valence electrons. The Morgan fingerprint density at radius 1 is 1.33 bits per heavy atom. The summed E-state index contributed by atoms with van der Waals surface area (Å²) in [6.45, 7) is 5.03. The molecule has 0 bridgehead atoms. The van der Waals surface area contributed by atoms with Crippen LogP contribution in [0, 0.1) is 19.8 Å². The highest BCUT2D eigenvalue weighted by Crippen LogP contribution is 2.50. The molecule has 0 aromatic carbocycles. The molecule has 1 aliphatic carbocycles. The summed E-state index contributed by atoms with van der Waals surface area (Å²) in [6.07, 6.45) is 6.76. The van der Waals surface area contributed by atoms with Crippen LogP contribution >= 0.6 is 0 Å². The normalized spacial score (nSPS) is 26.0. The summed E-state index contributed by atoms with van der Waals surface area (Å²) >= 11 is 0. The molecule has 2 aromatic rings. The van der Waals surface area contributed by atoms with Gasteiger partial charge in [0.05, 0.1) is 11.7 Å². The summed E-state index contributed by atoms with van der Waals surface area (Å²) in [5.41, 5.74) is 4.68. The molecule has 0 radical (unpaired) electrons. The van der Waals surface area contributed by atoms with E-state index in [4.69, 9.17) is 0 Å². The van der Waals surface area contributed by atoms with Crippen molar-refractivity contribution >= 4 is 5.91 Å². The van der Waals surface area contributed by atoms with E-state index >= 15 is 0 Å². The van der Waals surface area contributed by atoms with E-state index in [0.717, 1.165) is 31.5 Å². The number of pyridine rings is 1. The van der Waals surface area contributed by atoms with Crippen LogP contribution in [-0.4, -0.2) is 32.1 Å². The van der Waals surface area contributed by atoms with Crippen molar-refractivity contribution in [1.29, 1.82) is 0 Å². The predicted octanol–water partition coefficient (Wildman–Crippen LogP) is 2.90. The Bertz CT molecular complexity index is 767. The molecule has 0 unspecified atom stereocenters. The Labute approximate surface area is 142 Å². The average Bonchev–Trinajstić information content (AvgIpc) is 3.18. The van der Waals surface area contributed by atoms with E-state index in [0.29, 0.717) is 11.8 Å².